The van der Waals surface area contributed by atoms with E-state index in [0.29, 0.717) is 41.8 Å². The first kappa shape index (κ1) is 30.0. The van der Waals surface area contributed by atoms with E-state index in [4.69, 9.17) is 9.72 Å². The van der Waals surface area contributed by atoms with Crippen LogP contribution >= 0.6 is 0 Å². The van der Waals surface area contributed by atoms with Crippen LogP contribution in [0.4, 0.5) is 0 Å². The Balaban J connectivity index is 1.39. The highest BCUT2D eigenvalue weighted by atomic mass is 28.3. The Morgan fingerprint density at radius 3 is 2.46 bits per heavy atom. The summed E-state index contributed by atoms with van der Waals surface area (Å²) in [6.45, 7) is 19.0. The van der Waals surface area contributed by atoms with E-state index in [1.807, 2.05) is 17.0 Å². The summed E-state index contributed by atoms with van der Waals surface area (Å²) in [5.74, 6) is 1.55. The number of carbonyl (C=O) groups is 1. The van der Waals surface area contributed by atoms with Crippen molar-refractivity contribution in [2.75, 3.05) is 19.7 Å². The van der Waals surface area contributed by atoms with Gasteiger partial charge in [-0.1, -0.05) is 47.3 Å². The van der Waals surface area contributed by atoms with E-state index >= 15 is 0 Å². The highest BCUT2D eigenvalue weighted by Crippen LogP contribution is 2.41. The van der Waals surface area contributed by atoms with Crippen molar-refractivity contribution in [2.24, 2.45) is 23.2 Å². The van der Waals surface area contributed by atoms with Gasteiger partial charge in [0.1, 0.15) is 12.4 Å². The van der Waals surface area contributed by atoms with Gasteiger partial charge in [0.25, 0.3) is 0 Å². The van der Waals surface area contributed by atoms with Gasteiger partial charge in [-0.2, -0.15) is 0 Å². The SMILES string of the molecule is CC1CCN(C(=O)C2CCC(C(C)(C)C)CC2)CC1n1ccc(=O)c2cnc3c(ccn3COCC[Si](C)(C)C)c21. The maximum atomic E-state index is 13.8. The van der Waals surface area contributed by atoms with Crippen molar-refractivity contribution in [1.82, 2.24) is 19.0 Å². The van der Waals surface area contributed by atoms with Gasteiger partial charge in [-0.25, -0.2) is 4.98 Å². The first-order valence-corrected chi connectivity index (χ1v) is 19.4. The zero-order valence-corrected chi connectivity index (χ0v) is 27.3. The molecule has 2 aliphatic rings. The number of hydrogen-bond acceptors (Lipinski definition) is 4. The molecule has 3 aromatic rings. The molecule has 8 heteroatoms. The Morgan fingerprint density at radius 2 is 1.78 bits per heavy atom. The predicted octanol–water partition coefficient (Wildman–Crippen LogP) is 6.93. The van der Waals surface area contributed by atoms with Gasteiger partial charge in [0.2, 0.25) is 5.91 Å². The lowest BCUT2D eigenvalue weighted by Crippen LogP contribution is -2.47. The summed E-state index contributed by atoms with van der Waals surface area (Å²) in [6.07, 6.45) is 10.9. The second-order valence-electron chi connectivity index (χ2n) is 15.0. The first-order chi connectivity index (χ1) is 19.3. The average molecular weight is 579 g/mol. The smallest absolute Gasteiger partial charge is 0.225 e. The Morgan fingerprint density at radius 1 is 1.05 bits per heavy atom. The van der Waals surface area contributed by atoms with Crippen molar-refractivity contribution in [3.63, 3.8) is 0 Å². The number of pyridine rings is 2. The number of fused-ring (bicyclic) bond motifs is 3. The molecular weight excluding hydrogens is 528 g/mol. The van der Waals surface area contributed by atoms with E-state index < -0.39 is 8.07 Å². The van der Waals surface area contributed by atoms with Crippen LogP contribution in [0.1, 0.15) is 65.8 Å². The molecule has 1 aliphatic carbocycles. The van der Waals surface area contributed by atoms with Gasteiger partial charge in [-0.15, -0.1) is 0 Å². The summed E-state index contributed by atoms with van der Waals surface area (Å²) in [7, 11) is -1.16. The lowest BCUT2D eigenvalue weighted by Gasteiger charge is -2.42. The summed E-state index contributed by atoms with van der Waals surface area (Å²) in [5, 5.41) is 1.60. The number of piperidine rings is 1. The molecule has 1 saturated carbocycles. The second-order valence-corrected chi connectivity index (χ2v) is 20.6. The molecule has 0 radical (unpaired) electrons. The number of hydrogen-bond donors (Lipinski definition) is 0. The lowest BCUT2D eigenvalue weighted by molar-refractivity contribution is -0.139. The van der Waals surface area contributed by atoms with Gasteiger partial charge in [0.15, 0.2) is 5.43 Å². The van der Waals surface area contributed by atoms with Crippen LogP contribution in [-0.4, -0.2) is 52.7 Å². The molecule has 4 heterocycles. The number of aromatic nitrogens is 3. The van der Waals surface area contributed by atoms with E-state index in [1.165, 1.54) is 0 Å². The molecule has 224 valence electrons. The molecule has 1 saturated heterocycles. The van der Waals surface area contributed by atoms with Crippen LogP contribution in [0.2, 0.25) is 25.7 Å². The molecule has 1 amide bonds. The first-order valence-electron chi connectivity index (χ1n) is 15.7. The van der Waals surface area contributed by atoms with E-state index in [2.05, 4.69) is 62.9 Å². The third-order valence-electron chi connectivity index (χ3n) is 9.79. The van der Waals surface area contributed by atoms with Crippen molar-refractivity contribution < 1.29 is 9.53 Å². The molecular formula is C33H50N4O3Si. The molecule has 2 atom stereocenters. The molecule has 2 unspecified atom stereocenters. The van der Waals surface area contributed by atoms with Crippen LogP contribution in [0.25, 0.3) is 21.9 Å². The number of likely N-dealkylation sites (tertiary alicyclic amines) is 1. The van der Waals surface area contributed by atoms with Gasteiger partial charge in [-0.05, 0) is 61.5 Å². The zero-order chi connectivity index (χ0) is 29.5. The molecule has 0 N–H and O–H groups in total. The number of carbonyl (C=O) groups excluding carboxylic acids is 1. The predicted molar refractivity (Wildman–Crippen MR) is 170 cm³/mol. The van der Waals surface area contributed by atoms with Crippen LogP contribution < -0.4 is 5.43 Å². The monoisotopic (exact) mass is 578 g/mol. The van der Waals surface area contributed by atoms with Gasteiger partial charge in [0.05, 0.1) is 16.9 Å². The highest BCUT2D eigenvalue weighted by molar-refractivity contribution is 6.76. The van der Waals surface area contributed by atoms with Crippen LogP contribution in [-0.2, 0) is 16.3 Å². The average Bonchev–Trinajstić information content (AvgIpc) is 3.34. The van der Waals surface area contributed by atoms with Crippen molar-refractivity contribution in [3.05, 3.63) is 40.9 Å². The van der Waals surface area contributed by atoms with Crippen molar-refractivity contribution in [2.45, 2.75) is 98.3 Å². The van der Waals surface area contributed by atoms with Crippen molar-refractivity contribution in [3.8, 4) is 0 Å². The Labute approximate surface area is 246 Å². The molecule has 1 aliphatic heterocycles. The molecule has 41 heavy (non-hydrogen) atoms. The van der Waals surface area contributed by atoms with Crippen molar-refractivity contribution >= 4 is 35.9 Å². The fourth-order valence-electron chi connectivity index (χ4n) is 6.89. The molecule has 3 aromatic heterocycles. The van der Waals surface area contributed by atoms with Crippen LogP contribution in [0.15, 0.2) is 35.5 Å². The number of ether oxygens (including phenoxy) is 1. The number of nitrogens with zero attached hydrogens (tertiary/aromatic N) is 4. The number of rotatable bonds is 7. The summed E-state index contributed by atoms with van der Waals surface area (Å²) in [6, 6.07) is 4.94. The third kappa shape index (κ3) is 6.48. The van der Waals surface area contributed by atoms with E-state index in [1.54, 1.807) is 12.3 Å². The van der Waals surface area contributed by atoms with Gasteiger partial charge in [0, 0.05) is 63.7 Å². The van der Waals surface area contributed by atoms with E-state index in [-0.39, 0.29) is 17.4 Å². The summed E-state index contributed by atoms with van der Waals surface area (Å²) < 4.78 is 10.3. The standard InChI is InChI=1S/C33H50N4O3Si/c1-23-12-15-35(32(39)24-8-10-25(11-9-24)33(2,3)4)21-28(23)37-17-14-29(38)27-20-34-31-26(30(27)37)13-16-36(31)22-40-18-19-41(5,6)7/h13-14,16-17,20,23-25,28H,8-12,15,18-19,21-22H2,1-7H3. The van der Waals surface area contributed by atoms with Gasteiger partial charge in [-0.3, -0.25) is 9.59 Å². The molecule has 5 rings (SSSR count). The largest absolute Gasteiger partial charge is 0.361 e. The minimum absolute atomic E-state index is 0.0169. The van der Waals surface area contributed by atoms with E-state index in [0.717, 1.165) is 67.8 Å². The van der Waals surface area contributed by atoms with Crippen LogP contribution in [0, 0.1) is 23.2 Å². The lowest BCUT2D eigenvalue weighted by atomic mass is 9.69. The van der Waals surface area contributed by atoms with Crippen LogP contribution in [0.3, 0.4) is 0 Å². The molecule has 0 spiro atoms. The highest BCUT2D eigenvalue weighted by Gasteiger charge is 2.37. The normalized spacial score (nSPS) is 24.3. The van der Waals surface area contributed by atoms with Crippen LogP contribution in [0.5, 0.6) is 0 Å². The summed E-state index contributed by atoms with van der Waals surface area (Å²) in [5.41, 5.74) is 2.04. The molecule has 0 aromatic carbocycles. The zero-order valence-electron chi connectivity index (χ0n) is 26.3. The Hall–Kier alpha value is -2.45. The molecule has 7 nitrogen and oxygen atoms in total. The quantitative estimate of drug-likeness (QED) is 0.225. The van der Waals surface area contributed by atoms with Gasteiger partial charge >= 0.3 is 0 Å². The fourth-order valence-corrected chi connectivity index (χ4v) is 7.65. The third-order valence-corrected chi connectivity index (χ3v) is 11.5. The van der Waals surface area contributed by atoms with E-state index in [9.17, 15) is 9.59 Å². The molecule has 2 fully saturated rings. The Kier molecular flexibility index (Phi) is 8.55. The minimum Gasteiger partial charge on any atom is -0.361 e. The van der Waals surface area contributed by atoms with Gasteiger partial charge < -0.3 is 18.8 Å². The second kappa shape index (κ2) is 11.7. The van der Waals surface area contributed by atoms with Crippen molar-refractivity contribution in [1.29, 1.82) is 0 Å². The maximum absolute atomic E-state index is 13.8. The maximum Gasteiger partial charge on any atom is 0.225 e. The summed E-state index contributed by atoms with van der Waals surface area (Å²) in [4.78, 5) is 33.6. The Bertz CT molecular complexity index is 1440. The summed E-state index contributed by atoms with van der Waals surface area (Å²) >= 11 is 0. The topological polar surface area (TPSA) is 69.4 Å². The number of amides is 1. The minimum atomic E-state index is -1.16. The molecule has 0 bridgehead atoms. The fraction of sp³-hybridized carbons (Fsp3) is 0.667.